The number of nitrogens with zero attached hydrogens (tertiary/aromatic N) is 1. The molecule has 0 rings (SSSR count). The van der Waals surface area contributed by atoms with Gasteiger partial charge in [0.15, 0.2) is 0 Å². The van der Waals surface area contributed by atoms with E-state index in [9.17, 15) is 0 Å². The first-order valence-corrected chi connectivity index (χ1v) is 7.68. The highest BCUT2D eigenvalue weighted by Gasteiger charge is 2.21. The summed E-state index contributed by atoms with van der Waals surface area (Å²) < 4.78 is 0. The zero-order valence-corrected chi connectivity index (χ0v) is 8.94. The van der Waals surface area contributed by atoms with Crippen molar-refractivity contribution in [2.24, 2.45) is 5.73 Å². The van der Waals surface area contributed by atoms with E-state index in [-0.39, 0.29) is 0 Å². The predicted octanol–water partition coefficient (Wildman–Crippen LogP) is 1.96. The Morgan fingerprint density at radius 3 is 2.18 bits per heavy atom. The summed E-state index contributed by atoms with van der Waals surface area (Å²) in [6.07, 6.45) is 0.833. The molecule has 0 bridgehead atoms. The third kappa shape index (κ3) is 6.08. The van der Waals surface area contributed by atoms with Crippen LogP contribution in [0.5, 0.6) is 0 Å². The van der Waals surface area contributed by atoms with E-state index in [1.807, 2.05) is 0 Å². The lowest BCUT2D eigenvalue weighted by atomic mass is 10.0. The van der Waals surface area contributed by atoms with Gasteiger partial charge in [0.25, 0.3) is 0 Å². The van der Waals surface area contributed by atoms with Crippen LogP contribution in [-0.4, -0.2) is 13.6 Å². The zero-order valence-electron chi connectivity index (χ0n) is 7.94. The normalized spacial score (nSPS) is 17.1. The molecule has 2 N–H and O–H groups in total. The molecule has 64 valence electrons. The van der Waals surface area contributed by atoms with Crippen molar-refractivity contribution < 1.29 is 0 Å². The van der Waals surface area contributed by atoms with Gasteiger partial charge < -0.3 is 5.73 Å². The minimum absolute atomic E-state index is 0.611. The van der Waals surface area contributed by atoms with E-state index in [0.717, 1.165) is 12.5 Å². The first-order valence-electron chi connectivity index (χ1n) is 3.97. The number of nitrogens with two attached hydrogens (primary N) is 1. The van der Waals surface area contributed by atoms with Crippen LogP contribution in [0.4, 0.5) is 0 Å². The first kappa shape index (κ1) is 10.7. The highest BCUT2D eigenvalue weighted by atomic mass is 28.3. The minimum Gasteiger partial charge on any atom is -0.314 e. The van der Waals surface area contributed by atoms with Crippen molar-refractivity contribution in [2.75, 3.05) is 0 Å². The Labute approximate surface area is 70.4 Å². The molecule has 0 saturated carbocycles. The number of rotatable bonds is 3. The van der Waals surface area contributed by atoms with E-state index < -0.39 is 13.6 Å². The van der Waals surface area contributed by atoms with Crippen molar-refractivity contribution in [1.82, 2.24) is 0 Å². The van der Waals surface area contributed by atoms with Gasteiger partial charge in [0, 0.05) is 8.07 Å². The number of hydrogen-bond acceptors (Lipinski definition) is 2. The van der Waals surface area contributed by atoms with Crippen molar-refractivity contribution in [3.8, 4) is 6.07 Å². The molecule has 0 spiro atoms. The predicted molar refractivity (Wildman–Crippen MR) is 51.0 cm³/mol. The second kappa shape index (κ2) is 3.38. The summed E-state index contributed by atoms with van der Waals surface area (Å²) >= 11 is 0. The number of nitriles is 1. The van der Waals surface area contributed by atoms with Crippen LogP contribution < -0.4 is 5.73 Å². The molecule has 0 aliphatic carbocycles. The fraction of sp³-hybridized carbons (Fsp3) is 0.875. The molecule has 1 atom stereocenters. The van der Waals surface area contributed by atoms with E-state index in [2.05, 4.69) is 25.7 Å². The van der Waals surface area contributed by atoms with Gasteiger partial charge in [-0.1, -0.05) is 25.7 Å². The molecule has 0 amide bonds. The Morgan fingerprint density at radius 1 is 1.45 bits per heavy atom. The molecule has 0 radical (unpaired) electrons. The molecule has 0 heterocycles. The minimum atomic E-state index is -1.01. The molecule has 3 heteroatoms. The standard InChI is InChI=1S/C8H18N2Si/c1-8(10,7-9)5-6-11(2,3)4/h5-6,10H2,1-4H3/t8-/m0/s1. The van der Waals surface area contributed by atoms with E-state index in [1.165, 1.54) is 0 Å². The van der Waals surface area contributed by atoms with Crippen molar-refractivity contribution in [3.63, 3.8) is 0 Å². The first-order chi connectivity index (χ1) is 4.77. The summed E-state index contributed by atoms with van der Waals surface area (Å²) in [4.78, 5) is 0. The monoisotopic (exact) mass is 170 g/mol. The molecule has 0 fully saturated rings. The van der Waals surface area contributed by atoms with Crippen LogP contribution in [0.3, 0.4) is 0 Å². The van der Waals surface area contributed by atoms with E-state index >= 15 is 0 Å². The summed E-state index contributed by atoms with van der Waals surface area (Å²) in [6.45, 7) is 8.68. The molecule has 0 aromatic carbocycles. The Kier molecular flexibility index (Phi) is 3.27. The van der Waals surface area contributed by atoms with Gasteiger partial charge in [-0.15, -0.1) is 0 Å². The molecule has 0 aliphatic heterocycles. The average molecular weight is 170 g/mol. The molecule has 0 saturated heterocycles. The summed E-state index contributed by atoms with van der Waals surface area (Å²) in [7, 11) is -1.01. The van der Waals surface area contributed by atoms with Crippen LogP contribution >= 0.6 is 0 Å². The second-order valence-corrected chi connectivity index (χ2v) is 10.2. The Hall–Kier alpha value is -0.333. The SMILES string of the molecule is C[C@@](N)(C#N)CC[Si](C)(C)C. The van der Waals surface area contributed by atoms with Crippen molar-refractivity contribution in [3.05, 3.63) is 0 Å². The third-order valence-electron chi connectivity index (χ3n) is 1.65. The maximum Gasteiger partial charge on any atom is 0.101 e. The van der Waals surface area contributed by atoms with Gasteiger partial charge in [-0.2, -0.15) is 5.26 Å². The van der Waals surface area contributed by atoms with E-state index in [1.54, 1.807) is 6.92 Å². The molecule has 11 heavy (non-hydrogen) atoms. The van der Waals surface area contributed by atoms with E-state index in [0.29, 0.717) is 0 Å². The van der Waals surface area contributed by atoms with Crippen LogP contribution in [-0.2, 0) is 0 Å². The summed E-state index contributed by atoms with van der Waals surface area (Å²) in [6, 6.07) is 3.25. The summed E-state index contributed by atoms with van der Waals surface area (Å²) in [5.41, 5.74) is 5.07. The van der Waals surface area contributed by atoms with Crippen LogP contribution in [0, 0.1) is 11.3 Å². The van der Waals surface area contributed by atoms with Crippen LogP contribution in [0.15, 0.2) is 0 Å². The summed E-state index contributed by atoms with van der Waals surface area (Å²) in [5.74, 6) is 0. The Bertz CT molecular complexity index is 162. The van der Waals surface area contributed by atoms with Crippen LogP contribution in [0.1, 0.15) is 13.3 Å². The largest absolute Gasteiger partial charge is 0.314 e. The molecular formula is C8H18N2Si. The lowest BCUT2D eigenvalue weighted by Gasteiger charge is -2.21. The fourth-order valence-corrected chi connectivity index (χ4v) is 1.96. The maximum absolute atomic E-state index is 8.63. The highest BCUT2D eigenvalue weighted by Crippen LogP contribution is 2.16. The lowest BCUT2D eigenvalue weighted by molar-refractivity contribution is 0.574. The van der Waals surface area contributed by atoms with Crippen LogP contribution in [0.2, 0.25) is 25.7 Å². The van der Waals surface area contributed by atoms with Gasteiger partial charge in [0.1, 0.15) is 5.54 Å². The van der Waals surface area contributed by atoms with E-state index in [4.69, 9.17) is 11.0 Å². The highest BCUT2D eigenvalue weighted by molar-refractivity contribution is 6.76. The number of hydrogen-bond donors (Lipinski definition) is 1. The maximum atomic E-state index is 8.63. The van der Waals surface area contributed by atoms with Gasteiger partial charge in [-0.05, 0) is 13.3 Å². The van der Waals surface area contributed by atoms with Gasteiger partial charge in [-0.25, -0.2) is 0 Å². The van der Waals surface area contributed by atoms with Gasteiger partial charge in [-0.3, -0.25) is 0 Å². The smallest absolute Gasteiger partial charge is 0.101 e. The molecule has 0 unspecified atom stereocenters. The summed E-state index contributed by atoms with van der Waals surface area (Å²) in [5, 5.41) is 8.63. The fourth-order valence-electron chi connectivity index (χ4n) is 0.691. The molecular weight excluding hydrogens is 152 g/mol. The third-order valence-corrected chi connectivity index (χ3v) is 3.40. The Morgan fingerprint density at radius 2 is 1.91 bits per heavy atom. The molecule has 0 aliphatic rings. The van der Waals surface area contributed by atoms with Crippen molar-refractivity contribution in [1.29, 1.82) is 5.26 Å². The van der Waals surface area contributed by atoms with Crippen molar-refractivity contribution in [2.45, 2.75) is 44.6 Å². The lowest BCUT2D eigenvalue weighted by Crippen LogP contribution is -2.36. The topological polar surface area (TPSA) is 49.8 Å². The van der Waals surface area contributed by atoms with Gasteiger partial charge in [0.2, 0.25) is 0 Å². The zero-order chi connectivity index (χ0) is 9.12. The average Bonchev–Trinajstić information content (AvgIpc) is 1.83. The molecule has 2 nitrogen and oxygen atoms in total. The van der Waals surface area contributed by atoms with Crippen LogP contribution in [0.25, 0.3) is 0 Å². The van der Waals surface area contributed by atoms with Crippen molar-refractivity contribution >= 4 is 8.07 Å². The molecule has 0 aromatic rings. The quantitative estimate of drug-likeness (QED) is 0.658. The van der Waals surface area contributed by atoms with Gasteiger partial charge >= 0.3 is 0 Å². The van der Waals surface area contributed by atoms with Gasteiger partial charge in [0.05, 0.1) is 6.07 Å². The second-order valence-electron chi connectivity index (χ2n) is 4.59. The Balaban J connectivity index is 3.83. The molecule has 0 aromatic heterocycles.